The van der Waals surface area contributed by atoms with Crippen LogP contribution in [-0.2, 0) is 0 Å². The van der Waals surface area contributed by atoms with E-state index in [0.717, 1.165) is 25.2 Å². The molecule has 1 aromatic carbocycles. The van der Waals surface area contributed by atoms with E-state index in [9.17, 15) is 4.79 Å². The average Bonchev–Trinajstić information content (AvgIpc) is 3.28. The summed E-state index contributed by atoms with van der Waals surface area (Å²) >= 11 is 0. The molecule has 116 valence electrons. The van der Waals surface area contributed by atoms with Crippen molar-refractivity contribution in [1.29, 1.82) is 0 Å². The highest BCUT2D eigenvalue weighted by Gasteiger charge is 2.24. The van der Waals surface area contributed by atoms with Crippen LogP contribution in [-0.4, -0.2) is 31.1 Å². The molecular formula is C17H27N3O. The molecule has 0 saturated heterocycles. The number of amides is 2. The van der Waals surface area contributed by atoms with E-state index in [4.69, 9.17) is 0 Å². The molecule has 2 amide bonds. The van der Waals surface area contributed by atoms with Gasteiger partial charge in [0.15, 0.2) is 0 Å². The molecule has 0 aromatic heterocycles. The Bertz CT molecular complexity index is 471. The summed E-state index contributed by atoms with van der Waals surface area (Å²) in [5, 5.41) is 6.45. The molecule has 2 rings (SSSR count). The van der Waals surface area contributed by atoms with Crippen molar-refractivity contribution in [3.05, 3.63) is 29.8 Å². The zero-order chi connectivity index (χ0) is 15.2. The monoisotopic (exact) mass is 289 g/mol. The van der Waals surface area contributed by atoms with Crippen molar-refractivity contribution >= 4 is 11.7 Å². The number of hydrogen-bond acceptors (Lipinski definition) is 2. The minimum absolute atomic E-state index is 0.0202. The van der Waals surface area contributed by atoms with E-state index in [-0.39, 0.29) is 6.03 Å². The molecule has 4 nitrogen and oxygen atoms in total. The van der Waals surface area contributed by atoms with Gasteiger partial charge in [-0.2, -0.15) is 0 Å². The quantitative estimate of drug-likeness (QED) is 0.805. The smallest absolute Gasteiger partial charge is 0.321 e. The highest BCUT2D eigenvalue weighted by Crippen LogP contribution is 2.29. The molecule has 4 heteroatoms. The number of rotatable bonds is 7. The molecule has 1 fully saturated rings. The minimum Gasteiger partial charge on any atom is -0.327 e. The molecule has 0 spiro atoms. The molecule has 0 radical (unpaired) electrons. The Kier molecular flexibility index (Phi) is 5.62. The summed E-state index contributed by atoms with van der Waals surface area (Å²) in [5.74, 6) is 0.713. The summed E-state index contributed by atoms with van der Waals surface area (Å²) in [6.07, 6.45) is 3.63. The largest absolute Gasteiger partial charge is 0.327 e. The lowest BCUT2D eigenvalue weighted by molar-refractivity contribution is 0.220. The Labute approximate surface area is 127 Å². The fourth-order valence-corrected chi connectivity index (χ4v) is 2.35. The van der Waals surface area contributed by atoms with Gasteiger partial charge in [0, 0.05) is 25.3 Å². The fourth-order valence-electron chi connectivity index (χ4n) is 2.35. The van der Waals surface area contributed by atoms with Gasteiger partial charge in [0.2, 0.25) is 0 Å². The molecule has 21 heavy (non-hydrogen) atoms. The Balaban J connectivity index is 1.91. The maximum Gasteiger partial charge on any atom is 0.321 e. The van der Waals surface area contributed by atoms with Gasteiger partial charge < -0.3 is 15.5 Å². The van der Waals surface area contributed by atoms with Gasteiger partial charge in [-0.25, -0.2) is 4.79 Å². The van der Waals surface area contributed by atoms with Crippen LogP contribution in [0.25, 0.3) is 0 Å². The number of nitrogens with one attached hydrogen (secondary N) is 2. The molecule has 1 aliphatic carbocycles. The Morgan fingerprint density at radius 2 is 2.19 bits per heavy atom. The van der Waals surface area contributed by atoms with Crippen LogP contribution in [0.3, 0.4) is 0 Å². The van der Waals surface area contributed by atoms with E-state index >= 15 is 0 Å². The van der Waals surface area contributed by atoms with Crippen molar-refractivity contribution in [2.24, 2.45) is 5.92 Å². The van der Waals surface area contributed by atoms with Crippen molar-refractivity contribution in [2.45, 2.75) is 39.2 Å². The summed E-state index contributed by atoms with van der Waals surface area (Å²) in [5.41, 5.74) is 2.07. The van der Waals surface area contributed by atoms with Gasteiger partial charge in [-0.05, 0) is 56.3 Å². The third-order valence-corrected chi connectivity index (χ3v) is 3.91. The molecule has 1 saturated carbocycles. The first-order valence-corrected chi connectivity index (χ1v) is 7.95. The van der Waals surface area contributed by atoms with Crippen molar-refractivity contribution in [3.8, 4) is 0 Å². The van der Waals surface area contributed by atoms with Crippen LogP contribution >= 0.6 is 0 Å². The highest BCUT2D eigenvalue weighted by molar-refractivity contribution is 5.89. The molecule has 2 N–H and O–H groups in total. The standard InChI is InChI=1S/C17H27N3O/c1-4-10-18-13(2)15-6-5-7-16(11-15)19-17(21)20(3)12-14-8-9-14/h5-7,11,13-14,18H,4,8-10,12H2,1-3H3,(H,19,21). The van der Waals surface area contributed by atoms with E-state index in [1.165, 1.54) is 18.4 Å². The van der Waals surface area contributed by atoms with Gasteiger partial charge in [-0.1, -0.05) is 19.1 Å². The zero-order valence-electron chi connectivity index (χ0n) is 13.4. The maximum absolute atomic E-state index is 12.1. The molecule has 1 unspecified atom stereocenters. The third-order valence-electron chi connectivity index (χ3n) is 3.91. The molecule has 1 aromatic rings. The molecule has 1 atom stereocenters. The predicted octanol–water partition coefficient (Wildman–Crippen LogP) is 3.62. The van der Waals surface area contributed by atoms with Gasteiger partial charge in [0.05, 0.1) is 0 Å². The molecule has 0 heterocycles. The number of benzene rings is 1. The topological polar surface area (TPSA) is 44.4 Å². The van der Waals surface area contributed by atoms with Gasteiger partial charge in [0.1, 0.15) is 0 Å². The Morgan fingerprint density at radius 3 is 2.86 bits per heavy atom. The summed E-state index contributed by atoms with van der Waals surface area (Å²) in [6, 6.07) is 8.36. The second-order valence-electron chi connectivity index (χ2n) is 6.06. The van der Waals surface area contributed by atoms with Crippen LogP contribution in [0.1, 0.15) is 44.7 Å². The van der Waals surface area contributed by atoms with Crippen molar-refractivity contribution in [3.63, 3.8) is 0 Å². The van der Waals surface area contributed by atoms with Crippen LogP contribution in [0.5, 0.6) is 0 Å². The summed E-state index contributed by atoms with van der Waals surface area (Å²) in [6.45, 7) is 6.17. The normalized spacial score (nSPS) is 15.6. The minimum atomic E-state index is -0.0202. The Hall–Kier alpha value is -1.55. The van der Waals surface area contributed by atoms with E-state index in [2.05, 4.69) is 36.6 Å². The summed E-state index contributed by atoms with van der Waals surface area (Å²) < 4.78 is 0. The number of nitrogens with zero attached hydrogens (tertiary/aromatic N) is 1. The SMILES string of the molecule is CCCNC(C)c1cccc(NC(=O)N(C)CC2CC2)c1. The van der Waals surface area contributed by atoms with Crippen LogP contribution in [0.15, 0.2) is 24.3 Å². The number of carbonyl (C=O) groups excluding carboxylic acids is 1. The number of carbonyl (C=O) groups is 1. The third kappa shape index (κ3) is 5.05. The lowest BCUT2D eigenvalue weighted by Crippen LogP contribution is -2.33. The second-order valence-corrected chi connectivity index (χ2v) is 6.06. The Morgan fingerprint density at radius 1 is 1.43 bits per heavy atom. The van der Waals surface area contributed by atoms with E-state index < -0.39 is 0 Å². The van der Waals surface area contributed by atoms with Crippen LogP contribution in [0.2, 0.25) is 0 Å². The second kappa shape index (κ2) is 7.46. The fraction of sp³-hybridized carbons (Fsp3) is 0.588. The highest BCUT2D eigenvalue weighted by atomic mass is 16.2. The van der Waals surface area contributed by atoms with Crippen molar-refractivity contribution in [1.82, 2.24) is 10.2 Å². The first-order chi connectivity index (χ1) is 10.1. The van der Waals surface area contributed by atoms with Crippen LogP contribution < -0.4 is 10.6 Å². The molecule has 0 aliphatic heterocycles. The average molecular weight is 289 g/mol. The van der Waals surface area contributed by atoms with Gasteiger partial charge in [0.25, 0.3) is 0 Å². The predicted molar refractivity (Wildman–Crippen MR) is 87.5 cm³/mol. The van der Waals surface area contributed by atoms with Crippen molar-refractivity contribution in [2.75, 3.05) is 25.5 Å². The number of hydrogen-bond donors (Lipinski definition) is 2. The number of anilines is 1. The van der Waals surface area contributed by atoms with E-state index in [0.29, 0.717) is 12.0 Å². The first kappa shape index (κ1) is 15.8. The van der Waals surface area contributed by atoms with E-state index in [1.807, 2.05) is 19.2 Å². The zero-order valence-corrected chi connectivity index (χ0v) is 13.4. The lowest BCUT2D eigenvalue weighted by Gasteiger charge is -2.19. The summed E-state index contributed by atoms with van der Waals surface area (Å²) in [4.78, 5) is 13.9. The lowest BCUT2D eigenvalue weighted by atomic mass is 10.1. The van der Waals surface area contributed by atoms with Crippen LogP contribution in [0, 0.1) is 5.92 Å². The van der Waals surface area contributed by atoms with E-state index in [1.54, 1.807) is 4.90 Å². The van der Waals surface area contributed by atoms with Gasteiger partial charge in [-0.3, -0.25) is 0 Å². The first-order valence-electron chi connectivity index (χ1n) is 7.95. The molecule has 0 bridgehead atoms. The maximum atomic E-state index is 12.1. The summed E-state index contributed by atoms with van der Waals surface area (Å²) in [7, 11) is 1.86. The molecular weight excluding hydrogens is 262 g/mol. The van der Waals surface area contributed by atoms with Gasteiger partial charge >= 0.3 is 6.03 Å². The van der Waals surface area contributed by atoms with Crippen molar-refractivity contribution < 1.29 is 4.79 Å². The van der Waals surface area contributed by atoms with Crippen LogP contribution in [0.4, 0.5) is 10.5 Å². The number of urea groups is 1. The van der Waals surface area contributed by atoms with Gasteiger partial charge in [-0.15, -0.1) is 0 Å². The molecule has 1 aliphatic rings.